The van der Waals surface area contributed by atoms with Gasteiger partial charge in [-0.3, -0.25) is 9.59 Å². The van der Waals surface area contributed by atoms with E-state index in [-0.39, 0.29) is 37.5 Å². The first-order valence-corrected chi connectivity index (χ1v) is 5.52. The fraction of sp³-hybridized carbons (Fsp3) is 0.538. The standard InChI is InChI=1S/C13H18O2.Rh/c1-11(14)9-13(15)10-12-7-5-3-2-4-6-8-12;/h2-3,8H,4-7,9-10H2,1H3;/b3-2-,12-8+;. The van der Waals surface area contributed by atoms with Gasteiger partial charge in [-0.1, -0.05) is 23.8 Å². The summed E-state index contributed by atoms with van der Waals surface area (Å²) >= 11 is 0. The monoisotopic (exact) mass is 309 g/mol. The number of rotatable bonds is 4. The molecule has 3 heteroatoms. The summed E-state index contributed by atoms with van der Waals surface area (Å²) in [6, 6.07) is 0. The van der Waals surface area contributed by atoms with Crippen molar-refractivity contribution in [2.45, 2.75) is 45.4 Å². The molecule has 0 aromatic heterocycles. The van der Waals surface area contributed by atoms with E-state index >= 15 is 0 Å². The summed E-state index contributed by atoms with van der Waals surface area (Å²) in [5.74, 6) is 0.0182. The van der Waals surface area contributed by atoms with Gasteiger partial charge in [0.2, 0.25) is 0 Å². The number of hydrogen-bond acceptors (Lipinski definition) is 2. The zero-order chi connectivity index (χ0) is 11.1. The molecule has 0 aliphatic heterocycles. The third-order valence-corrected chi connectivity index (χ3v) is 2.44. The predicted molar refractivity (Wildman–Crippen MR) is 60.6 cm³/mol. The molecular formula is C13H18O2Rh. The minimum atomic E-state index is -0.0358. The molecular weight excluding hydrogens is 291 g/mol. The summed E-state index contributed by atoms with van der Waals surface area (Å²) in [5.41, 5.74) is 1.20. The number of hydrogen-bond donors (Lipinski definition) is 0. The van der Waals surface area contributed by atoms with Crippen LogP contribution in [0.4, 0.5) is 0 Å². The van der Waals surface area contributed by atoms with Gasteiger partial charge in [-0.25, -0.2) is 0 Å². The van der Waals surface area contributed by atoms with Gasteiger partial charge in [0.05, 0.1) is 6.42 Å². The topological polar surface area (TPSA) is 34.1 Å². The van der Waals surface area contributed by atoms with Crippen molar-refractivity contribution in [2.75, 3.05) is 0 Å². The number of carbonyl (C=O) groups is 2. The smallest absolute Gasteiger partial charge is 0.144 e. The summed E-state index contributed by atoms with van der Waals surface area (Å²) in [6.07, 6.45) is 11.1. The van der Waals surface area contributed by atoms with Gasteiger partial charge in [0.1, 0.15) is 11.6 Å². The van der Waals surface area contributed by atoms with Crippen LogP contribution in [0.5, 0.6) is 0 Å². The van der Waals surface area contributed by atoms with Gasteiger partial charge < -0.3 is 0 Å². The first-order chi connectivity index (χ1) is 7.18. The Morgan fingerprint density at radius 1 is 1.19 bits per heavy atom. The Hall–Kier alpha value is -0.557. The first kappa shape index (κ1) is 15.4. The second-order valence-corrected chi connectivity index (χ2v) is 4.04. The molecule has 0 aromatic carbocycles. The summed E-state index contributed by atoms with van der Waals surface area (Å²) < 4.78 is 0. The molecule has 1 aliphatic rings. The zero-order valence-electron chi connectivity index (χ0n) is 9.62. The van der Waals surface area contributed by atoms with Gasteiger partial charge in [0, 0.05) is 25.9 Å². The van der Waals surface area contributed by atoms with Gasteiger partial charge in [0.15, 0.2) is 0 Å². The van der Waals surface area contributed by atoms with E-state index in [1.807, 2.05) is 0 Å². The van der Waals surface area contributed by atoms with E-state index in [4.69, 9.17) is 0 Å². The van der Waals surface area contributed by atoms with Crippen molar-refractivity contribution in [3.05, 3.63) is 23.8 Å². The fourth-order valence-corrected chi connectivity index (χ4v) is 1.74. The zero-order valence-corrected chi connectivity index (χ0v) is 11.3. The van der Waals surface area contributed by atoms with Crippen molar-refractivity contribution in [1.29, 1.82) is 0 Å². The van der Waals surface area contributed by atoms with Crippen molar-refractivity contribution in [3.8, 4) is 0 Å². The number of Topliss-reactive ketones (excluding diaryl/α,β-unsaturated/α-hetero) is 2. The molecule has 16 heavy (non-hydrogen) atoms. The first-order valence-electron chi connectivity index (χ1n) is 5.52. The molecule has 91 valence electrons. The van der Waals surface area contributed by atoms with Crippen LogP contribution in [-0.2, 0) is 29.1 Å². The molecule has 0 bridgehead atoms. The van der Waals surface area contributed by atoms with Crippen LogP contribution in [0.1, 0.15) is 45.4 Å². The molecule has 0 heterocycles. The minimum absolute atomic E-state index is 0. The molecule has 1 radical (unpaired) electrons. The van der Waals surface area contributed by atoms with Crippen LogP contribution < -0.4 is 0 Å². The molecule has 0 saturated carbocycles. The van der Waals surface area contributed by atoms with E-state index in [0.717, 1.165) is 25.7 Å². The largest absolute Gasteiger partial charge is 0.300 e. The number of allylic oxidation sites excluding steroid dienone is 4. The molecule has 0 aromatic rings. The van der Waals surface area contributed by atoms with E-state index < -0.39 is 0 Å². The maximum absolute atomic E-state index is 11.4. The van der Waals surface area contributed by atoms with E-state index in [9.17, 15) is 9.59 Å². The van der Waals surface area contributed by atoms with Gasteiger partial charge >= 0.3 is 0 Å². The van der Waals surface area contributed by atoms with Crippen LogP contribution >= 0.6 is 0 Å². The average molecular weight is 309 g/mol. The molecule has 0 spiro atoms. The maximum atomic E-state index is 11.4. The van der Waals surface area contributed by atoms with E-state index in [2.05, 4.69) is 18.2 Å². The third kappa shape index (κ3) is 6.84. The Morgan fingerprint density at radius 2 is 1.88 bits per heavy atom. The van der Waals surface area contributed by atoms with Crippen LogP contribution in [0.25, 0.3) is 0 Å². The van der Waals surface area contributed by atoms with Crippen molar-refractivity contribution < 1.29 is 29.1 Å². The summed E-state index contributed by atoms with van der Waals surface area (Å²) in [5, 5.41) is 0. The number of ketones is 2. The fourth-order valence-electron chi connectivity index (χ4n) is 1.74. The SMILES string of the molecule is CC(=O)CC(=O)C/C1=C/CC/C=C\CC1.[Rh]. The van der Waals surface area contributed by atoms with Crippen LogP contribution in [0.2, 0.25) is 0 Å². The van der Waals surface area contributed by atoms with Crippen molar-refractivity contribution in [3.63, 3.8) is 0 Å². The summed E-state index contributed by atoms with van der Waals surface area (Å²) in [6.45, 7) is 1.47. The molecule has 0 saturated heterocycles. The molecule has 0 N–H and O–H groups in total. The second-order valence-electron chi connectivity index (χ2n) is 4.04. The average Bonchev–Trinajstić information content (AvgIpc) is 2.08. The Labute approximate surface area is 110 Å². The Bertz CT molecular complexity index is 303. The van der Waals surface area contributed by atoms with E-state index in [1.54, 1.807) is 0 Å². The van der Waals surface area contributed by atoms with Gasteiger partial charge in [0.25, 0.3) is 0 Å². The second kappa shape index (κ2) is 8.58. The molecule has 0 atom stereocenters. The molecule has 0 fully saturated rings. The molecule has 0 unspecified atom stereocenters. The van der Waals surface area contributed by atoms with E-state index in [0.29, 0.717) is 6.42 Å². The quantitative estimate of drug-likeness (QED) is 0.454. The van der Waals surface area contributed by atoms with Gasteiger partial charge in [-0.15, -0.1) is 0 Å². The minimum Gasteiger partial charge on any atom is -0.300 e. The van der Waals surface area contributed by atoms with Crippen LogP contribution in [0.15, 0.2) is 23.8 Å². The summed E-state index contributed by atoms with van der Waals surface area (Å²) in [4.78, 5) is 22.2. The molecule has 2 nitrogen and oxygen atoms in total. The van der Waals surface area contributed by atoms with Crippen LogP contribution in [0, 0.1) is 0 Å². The van der Waals surface area contributed by atoms with Gasteiger partial charge in [-0.05, 0) is 32.6 Å². The number of carbonyl (C=O) groups excluding carboxylic acids is 2. The predicted octanol–water partition coefficient (Wildman–Crippen LogP) is 2.98. The summed E-state index contributed by atoms with van der Waals surface area (Å²) in [7, 11) is 0. The Morgan fingerprint density at radius 3 is 2.56 bits per heavy atom. The van der Waals surface area contributed by atoms with Crippen LogP contribution in [0.3, 0.4) is 0 Å². The van der Waals surface area contributed by atoms with Crippen molar-refractivity contribution >= 4 is 11.6 Å². The van der Waals surface area contributed by atoms with Crippen molar-refractivity contribution in [2.24, 2.45) is 0 Å². The van der Waals surface area contributed by atoms with Crippen molar-refractivity contribution in [1.82, 2.24) is 0 Å². The van der Waals surface area contributed by atoms with E-state index in [1.165, 1.54) is 12.5 Å². The maximum Gasteiger partial charge on any atom is 0.144 e. The Kier molecular flexibility index (Phi) is 8.28. The Balaban J connectivity index is 0.00000225. The molecule has 1 rings (SSSR count). The molecule has 0 amide bonds. The molecule has 1 aliphatic carbocycles. The normalized spacial score (nSPS) is 20.7. The van der Waals surface area contributed by atoms with Crippen LogP contribution in [-0.4, -0.2) is 11.6 Å². The third-order valence-electron chi connectivity index (χ3n) is 2.44. The van der Waals surface area contributed by atoms with Gasteiger partial charge in [-0.2, -0.15) is 0 Å².